The Bertz CT molecular complexity index is 588. The van der Waals surface area contributed by atoms with Gasteiger partial charge in [0.05, 0.1) is 6.54 Å². The molecule has 2 rings (SSSR count). The molecule has 0 fully saturated rings. The Morgan fingerprint density at radius 2 is 1.78 bits per heavy atom. The molecule has 0 saturated carbocycles. The molecule has 0 aliphatic carbocycles. The number of nitrogens with zero attached hydrogens (tertiary/aromatic N) is 2. The second-order valence-corrected chi connectivity index (χ2v) is 4.29. The molecule has 0 atom stereocenters. The molecule has 0 saturated heterocycles. The van der Waals surface area contributed by atoms with Crippen LogP contribution in [0, 0.1) is 5.16 Å². The summed E-state index contributed by atoms with van der Waals surface area (Å²) in [5, 5.41) is 5.44. The van der Waals surface area contributed by atoms with E-state index in [1.54, 1.807) is 7.05 Å². The number of hydrogen-bond acceptors (Lipinski definition) is 4. The summed E-state index contributed by atoms with van der Waals surface area (Å²) in [5.41, 5.74) is 0.698. The number of aromatic nitrogens is 2. The quantitative estimate of drug-likeness (QED) is 0.861. The fourth-order valence-electron chi connectivity index (χ4n) is 1.35. The lowest BCUT2D eigenvalue weighted by Gasteiger charge is -1.98. The lowest BCUT2D eigenvalue weighted by Crippen LogP contribution is -2.28. The Kier molecular flexibility index (Phi) is 7.08. The molecule has 98 valence electrons. The van der Waals surface area contributed by atoms with Gasteiger partial charge in [0.25, 0.3) is 0 Å². The van der Waals surface area contributed by atoms with Gasteiger partial charge in [-0.1, -0.05) is 37.8 Å². The van der Waals surface area contributed by atoms with Gasteiger partial charge >= 0.3 is 10.6 Å². The predicted octanol–water partition coefficient (Wildman–Crippen LogP) is 2.45. The lowest BCUT2D eigenvalue weighted by atomic mass is 10.2. The van der Waals surface area contributed by atoms with Crippen molar-refractivity contribution in [3.8, 4) is 0 Å². The average Bonchev–Trinajstić information content (AvgIpc) is 2.60. The second-order valence-electron chi connectivity index (χ2n) is 3.21. The summed E-state index contributed by atoms with van der Waals surface area (Å²) >= 11 is 0.927. The summed E-state index contributed by atoms with van der Waals surface area (Å²) in [5.74, 6) is 0. The van der Waals surface area contributed by atoms with Crippen molar-refractivity contribution < 1.29 is 0 Å². The number of benzene rings is 1. The molecule has 1 aromatic heterocycles. The molecule has 0 amide bonds. The van der Waals surface area contributed by atoms with Crippen molar-refractivity contribution in [1.82, 2.24) is 8.52 Å². The van der Waals surface area contributed by atoms with E-state index in [4.69, 9.17) is 5.16 Å². The van der Waals surface area contributed by atoms with E-state index in [1.807, 2.05) is 30.3 Å². The van der Waals surface area contributed by atoms with Crippen LogP contribution in [0.5, 0.6) is 0 Å². The van der Waals surface area contributed by atoms with Crippen molar-refractivity contribution in [1.29, 1.82) is 5.16 Å². The van der Waals surface area contributed by atoms with E-state index in [-0.39, 0.29) is 18.0 Å². The van der Waals surface area contributed by atoms with Gasteiger partial charge in [0, 0.05) is 18.6 Å². The van der Waals surface area contributed by atoms with Gasteiger partial charge in [0.2, 0.25) is 0 Å². The average molecular weight is 284 g/mol. The van der Waals surface area contributed by atoms with Crippen LogP contribution in [0.2, 0.25) is 0 Å². The summed E-state index contributed by atoms with van der Waals surface area (Å²) in [6, 6.07) is 9.46. The molecule has 0 unspecified atom stereocenters. The highest BCUT2D eigenvalue weighted by atomic mass is 32.1. The fraction of sp³-hybridized carbons (Fsp3) is 0.273. The van der Waals surface area contributed by atoms with Crippen LogP contribution in [0.15, 0.2) is 39.9 Å². The third kappa shape index (κ3) is 3.75. The minimum atomic E-state index is -0.256. The monoisotopic (exact) mass is 284 g/mol. The normalized spacial score (nSPS) is 8.94. The molecule has 0 aliphatic heterocycles. The number of rotatable bonds is 2. The van der Waals surface area contributed by atoms with Crippen molar-refractivity contribution in [3.05, 3.63) is 56.0 Å². The highest BCUT2D eigenvalue weighted by molar-refractivity contribution is 7.03. The smallest absolute Gasteiger partial charge is 0.341 e. The van der Waals surface area contributed by atoms with Crippen molar-refractivity contribution in [2.45, 2.75) is 14.0 Å². The van der Waals surface area contributed by atoms with Crippen molar-refractivity contribution in [2.24, 2.45) is 7.05 Å². The van der Waals surface area contributed by atoms with E-state index < -0.39 is 0 Å². The van der Waals surface area contributed by atoms with Gasteiger partial charge in [-0.05, 0) is 5.56 Å². The Hall–Kier alpha value is -1.52. The first-order chi connectivity index (χ1) is 8.18. The SMILES string of the molecule is C.Cn1sc(=O)n(Cc2ccccc2)c1=O.N=[P-]. The number of aryl methyl sites for hydroxylation is 1. The van der Waals surface area contributed by atoms with Crippen LogP contribution >= 0.6 is 20.6 Å². The van der Waals surface area contributed by atoms with E-state index in [1.165, 1.54) is 8.52 Å². The molecule has 0 bridgehead atoms. The first-order valence-corrected chi connectivity index (χ1v) is 5.94. The Morgan fingerprint density at radius 3 is 2.22 bits per heavy atom. The molecule has 2 aromatic rings. The summed E-state index contributed by atoms with van der Waals surface area (Å²) in [6.45, 7) is 0.343. The first-order valence-electron chi connectivity index (χ1n) is 4.72. The van der Waals surface area contributed by atoms with Gasteiger partial charge in [0.1, 0.15) is 0 Å². The topological polar surface area (TPSA) is 67.8 Å². The fourth-order valence-corrected chi connectivity index (χ4v) is 2.00. The maximum absolute atomic E-state index is 11.5. The Morgan fingerprint density at radius 1 is 1.22 bits per heavy atom. The van der Waals surface area contributed by atoms with Crippen LogP contribution in [0.1, 0.15) is 13.0 Å². The molecule has 7 heteroatoms. The molecule has 1 heterocycles. The minimum Gasteiger partial charge on any atom is -0.614 e. The molecule has 5 nitrogen and oxygen atoms in total. The first kappa shape index (κ1) is 16.5. The maximum Gasteiger partial charge on any atom is 0.341 e. The Labute approximate surface area is 112 Å². The van der Waals surface area contributed by atoms with Crippen LogP contribution in [-0.2, 0) is 13.6 Å². The predicted molar refractivity (Wildman–Crippen MR) is 75.7 cm³/mol. The van der Waals surface area contributed by atoms with Crippen LogP contribution in [0.25, 0.3) is 0 Å². The summed E-state index contributed by atoms with van der Waals surface area (Å²) in [4.78, 5) is 22.7. The molecule has 18 heavy (non-hydrogen) atoms. The van der Waals surface area contributed by atoms with Gasteiger partial charge < -0.3 is 14.2 Å². The van der Waals surface area contributed by atoms with Gasteiger partial charge in [-0.25, -0.2) is 13.3 Å². The molecule has 0 radical (unpaired) electrons. The van der Waals surface area contributed by atoms with E-state index in [2.05, 4.69) is 9.03 Å². The summed E-state index contributed by atoms with van der Waals surface area (Å²) in [7, 11) is 4.37. The van der Waals surface area contributed by atoms with Crippen molar-refractivity contribution >= 4 is 20.6 Å². The largest absolute Gasteiger partial charge is 0.614 e. The molecular formula is C11H15N3O2PS-. The van der Waals surface area contributed by atoms with Crippen LogP contribution in [0.4, 0.5) is 0 Å². The third-order valence-corrected chi connectivity index (χ3v) is 2.93. The van der Waals surface area contributed by atoms with Crippen molar-refractivity contribution in [3.63, 3.8) is 0 Å². The van der Waals surface area contributed by atoms with Crippen LogP contribution in [0.3, 0.4) is 0 Å². The molecule has 0 aliphatic rings. The third-order valence-electron chi connectivity index (χ3n) is 2.12. The summed E-state index contributed by atoms with van der Waals surface area (Å²) in [6.07, 6.45) is 0. The van der Waals surface area contributed by atoms with E-state index in [0.717, 1.165) is 17.1 Å². The maximum atomic E-state index is 11.5. The van der Waals surface area contributed by atoms with Gasteiger partial charge in [0.15, 0.2) is 0 Å². The standard InChI is InChI=1S/C10H10N2O2S.CH4.HNP/c1-11-9(13)12(10(14)15-11)7-8-5-3-2-4-6-8;;1-2/h2-6H,7H2,1H3;1H4;1H/q;;-1. The van der Waals surface area contributed by atoms with E-state index in [9.17, 15) is 9.59 Å². The zero-order valence-corrected chi connectivity index (χ0v) is 10.9. The second kappa shape index (κ2) is 7.74. The highest BCUT2D eigenvalue weighted by Gasteiger charge is 2.06. The summed E-state index contributed by atoms with van der Waals surface area (Å²) < 4.78 is 2.57. The van der Waals surface area contributed by atoms with Gasteiger partial charge in [-0.3, -0.25) is 4.79 Å². The van der Waals surface area contributed by atoms with Crippen LogP contribution < -0.4 is 10.6 Å². The number of hydrogen-bond donors (Lipinski definition) is 1. The Balaban J connectivity index is 0.000000917. The zero-order chi connectivity index (χ0) is 12.8. The lowest BCUT2D eigenvalue weighted by molar-refractivity contribution is 0.706. The van der Waals surface area contributed by atoms with Crippen LogP contribution in [-0.4, -0.2) is 8.52 Å². The van der Waals surface area contributed by atoms with Gasteiger partial charge in [-0.15, -0.1) is 0 Å². The number of nitrogens with one attached hydrogen (secondary N) is 1. The van der Waals surface area contributed by atoms with Gasteiger partial charge in [-0.2, -0.15) is 0 Å². The zero-order valence-electron chi connectivity index (χ0n) is 9.16. The molecule has 0 spiro atoms. The molecular weight excluding hydrogens is 269 g/mol. The highest BCUT2D eigenvalue weighted by Crippen LogP contribution is 1.99. The molecule has 1 N–H and O–H groups in total. The van der Waals surface area contributed by atoms with E-state index in [0.29, 0.717) is 6.54 Å². The van der Waals surface area contributed by atoms with E-state index >= 15 is 0 Å². The minimum absolute atomic E-state index is 0. The van der Waals surface area contributed by atoms with Crippen molar-refractivity contribution in [2.75, 3.05) is 0 Å². The molecule has 1 aromatic carbocycles.